The van der Waals surface area contributed by atoms with E-state index in [2.05, 4.69) is 55.6 Å². The topological polar surface area (TPSA) is 29.3 Å². The number of hydrogen-bond donors (Lipinski definition) is 1. The third-order valence-electron chi connectivity index (χ3n) is 4.30. The minimum atomic E-state index is 0.384. The molecule has 1 fully saturated rings. The molecule has 2 atom stereocenters. The Morgan fingerprint density at radius 2 is 2.21 bits per heavy atom. The second kappa shape index (κ2) is 6.78. The molecule has 2 N–H and O–H groups in total. The molecule has 1 heterocycles. The fraction of sp³-hybridized carbons (Fsp3) is 0.625. The van der Waals surface area contributed by atoms with Gasteiger partial charge in [0.2, 0.25) is 0 Å². The lowest BCUT2D eigenvalue weighted by Gasteiger charge is -2.38. The van der Waals surface area contributed by atoms with Gasteiger partial charge in [0.05, 0.1) is 0 Å². The van der Waals surface area contributed by atoms with Gasteiger partial charge in [0, 0.05) is 36.7 Å². The summed E-state index contributed by atoms with van der Waals surface area (Å²) in [6.07, 6.45) is 1.26. The molecule has 1 aliphatic rings. The number of rotatable bonds is 4. The highest BCUT2D eigenvalue weighted by Gasteiger charge is 2.26. The molecule has 2 unspecified atom stereocenters. The van der Waals surface area contributed by atoms with E-state index in [4.69, 9.17) is 5.73 Å². The molecule has 0 aromatic heterocycles. The quantitative estimate of drug-likeness (QED) is 0.917. The van der Waals surface area contributed by atoms with Crippen molar-refractivity contribution in [3.8, 4) is 0 Å². The summed E-state index contributed by atoms with van der Waals surface area (Å²) in [5, 5.41) is 0.771. The van der Waals surface area contributed by atoms with Crippen LogP contribution in [0.1, 0.15) is 36.1 Å². The van der Waals surface area contributed by atoms with Gasteiger partial charge in [0.1, 0.15) is 0 Å². The van der Waals surface area contributed by atoms with Crippen LogP contribution in [0.5, 0.6) is 0 Å². The summed E-state index contributed by atoms with van der Waals surface area (Å²) >= 11 is 2.11. The van der Waals surface area contributed by atoms with Crippen molar-refractivity contribution in [3.63, 3.8) is 0 Å². The SMILES string of the molecule is CCC1CN(C(CN)c2cccc(C)c2C)CCS1. The number of aryl methyl sites for hydroxylation is 1. The van der Waals surface area contributed by atoms with Crippen LogP contribution in [-0.2, 0) is 0 Å². The molecule has 1 aromatic carbocycles. The van der Waals surface area contributed by atoms with E-state index < -0.39 is 0 Å². The molecular weight excluding hydrogens is 252 g/mol. The molecule has 106 valence electrons. The normalized spacial score (nSPS) is 22.4. The van der Waals surface area contributed by atoms with Crippen molar-refractivity contribution in [1.29, 1.82) is 0 Å². The third kappa shape index (κ3) is 3.33. The predicted molar refractivity (Wildman–Crippen MR) is 85.8 cm³/mol. The summed E-state index contributed by atoms with van der Waals surface area (Å²) in [6.45, 7) is 9.76. The largest absolute Gasteiger partial charge is 0.329 e. The first-order chi connectivity index (χ1) is 9.17. The Morgan fingerprint density at radius 3 is 2.89 bits per heavy atom. The fourth-order valence-electron chi connectivity index (χ4n) is 2.88. The van der Waals surface area contributed by atoms with Crippen LogP contribution in [0, 0.1) is 13.8 Å². The Labute approximate surface area is 121 Å². The second-order valence-electron chi connectivity index (χ2n) is 5.44. The summed E-state index contributed by atoms with van der Waals surface area (Å²) in [5.74, 6) is 1.24. The summed E-state index contributed by atoms with van der Waals surface area (Å²) in [7, 11) is 0. The number of nitrogens with zero attached hydrogens (tertiary/aromatic N) is 1. The van der Waals surface area contributed by atoms with Crippen molar-refractivity contribution in [2.45, 2.75) is 38.5 Å². The maximum atomic E-state index is 6.09. The zero-order valence-electron chi connectivity index (χ0n) is 12.4. The van der Waals surface area contributed by atoms with E-state index in [0.717, 1.165) is 11.8 Å². The number of hydrogen-bond acceptors (Lipinski definition) is 3. The van der Waals surface area contributed by atoms with Crippen molar-refractivity contribution >= 4 is 11.8 Å². The van der Waals surface area contributed by atoms with E-state index in [0.29, 0.717) is 12.6 Å². The molecule has 0 saturated carbocycles. The zero-order chi connectivity index (χ0) is 13.8. The monoisotopic (exact) mass is 278 g/mol. The van der Waals surface area contributed by atoms with Crippen LogP contribution in [0.25, 0.3) is 0 Å². The van der Waals surface area contributed by atoms with Crippen LogP contribution >= 0.6 is 11.8 Å². The lowest BCUT2D eigenvalue weighted by Crippen LogP contribution is -2.43. The average molecular weight is 278 g/mol. The van der Waals surface area contributed by atoms with Crippen LogP contribution in [0.4, 0.5) is 0 Å². The fourth-order valence-corrected chi connectivity index (χ4v) is 4.09. The average Bonchev–Trinajstić information content (AvgIpc) is 2.44. The van der Waals surface area contributed by atoms with Crippen molar-refractivity contribution < 1.29 is 0 Å². The molecule has 3 heteroatoms. The third-order valence-corrected chi connectivity index (χ3v) is 5.67. The van der Waals surface area contributed by atoms with Crippen LogP contribution in [0.3, 0.4) is 0 Å². The highest BCUT2D eigenvalue weighted by atomic mass is 32.2. The Bertz CT molecular complexity index is 419. The Hall–Kier alpha value is -0.510. The Morgan fingerprint density at radius 1 is 1.42 bits per heavy atom. The highest BCUT2D eigenvalue weighted by Crippen LogP contribution is 2.30. The van der Waals surface area contributed by atoms with Gasteiger partial charge in [-0.2, -0.15) is 11.8 Å². The van der Waals surface area contributed by atoms with Gasteiger partial charge in [-0.15, -0.1) is 0 Å². The van der Waals surface area contributed by atoms with E-state index in [-0.39, 0.29) is 0 Å². The maximum Gasteiger partial charge on any atom is 0.0473 e. The van der Waals surface area contributed by atoms with Gasteiger partial charge >= 0.3 is 0 Å². The molecule has 2 nitrogen and oxygen atoms in total. The van der Waals surface area contributed by atoms with Gasteiger partial charge in [0.25, 0.3) is 0 Å². The molecule has 1 saturated heterocycles. The molecule has 0 bridgehead atoms. The molecule has 0 amide bonds. The van der Waals surface area contributed by atoms with Gasteiger partial charge in [-0.1, -0.05) is 25.1 Å². The zero-order valence-corrected chi connectivity index (χ0v) is 13.2. The van der Waals surface area contributed by atoms with E-state index >= 15 is 0 Å². The Balaban J connectivity index is 2.21. The van der Waals surface area contributed by atoms with E-state index in [1.54, 1.807) is 0 Å². The molecule has 0 radical (unpaired) electrons. The van der Waals surface area contributed by atoms with Crippen LogP contribution in [0.15, 0.2) is 18.2 Å². The smallest absolute Gasteiger partial charge is 0.0473 e. The first-order valence-corrected chi connectivity index (χ1v) is 8.34. The molecule has 2 rings (SSSR count). The molecule has 1 aliphatic heterocycles. The van der Waals surface area contributed by atoms with Crippen molar-refractivity contribution in [1.82, 2.24) is 4.90 Å². The number of benzene rings is 1. The van der Waals surface area contributed by atoms with Gasteiger partial charge in [-0.25, -0.2) is 0 Å². The first-order valence-electron chi connectivity index (χ1n) is 7.29. The van der Waals surface area contributed by atoms with Crippen molar-refractivity contribution in [2.24, 2.45) is 5.73 Å². The molecular formula is C16H26N2S. The molecule has 19 heavy (non-hydrogen) atoms. The molecule has 1 aromatic rings. The van der Waals surface area contributed by atoms with Gasteiger partial charge < -0.3 is 5.73 Å². The number of nitrogens with two attached hydrogens (primary N) is 1. The summed E-state index contributed by atoms with van der Waals surface area (Å²) in [6, 6.07) is 6.99. The lowest BCUT2D eigenvalue weighted by atomic mass is 9.96. The van der Waals surface area contributed by atoms with Crippen molar-refractivity contribution in [2.75, 3.05) is 25.4 Å². The van der Waals surface area contributed by atoms with Crippen LogP contribution in [0.2, 0.25) is 0 Å². The highest BCUT2D eigenvalue weighted by molar-refractivity contribution is 8.00. The molecule has 0 spiro atoms. The van der Waals surface area contributed by atoms with Crippen LogP contribution < -0.4 is 5.73 Å². The predicted octanol–water partition coefficient (Wildman–Crippen LogP) is 3.13. The molecule has 0 aliphatic carbocycles. The summed E-state index contributed by atoms with van der Waals surface area (Å²) in [5.41, 5.74) is 10.3. The first kappa shape index (κ1) is 14.9. The van der Waals surface area contributed by atoms with E-state index in [1.165, 1.54) is 35.4 Å². The van der Waals surface area contributed by atoms with Gasteiger partial charge in [-0.05, 0) is 37.0 Å². The maximum absolute atomic E-state index is 6.09. The lowest BCUT2D eigenvalue weighted by molar-refractivity contribution is 0.207. The summed E-state index contributed by atoms with van der Waals surface area (Å²) < 4.78 is 0. The minimum Gasteiger partial charge on any atom is -0.329 e. The van der Waals surface area contributed by atoms with Gasteiger partial charge in [0.15, 0.2) is 0 Å². The van der Waals surface area contributed by atoms with Crippen LogP contribution in [-0.4, -0.2) is 35.5 Å². The second-order valence-corrected chi connectivity index (χ2v) is 6.84. The Kier molecular flexibility index (Phi) is 5.31. The van der Waals surface area contributed by atoms with E-state index in [9.17, 15) is 0 Å². The van der Waals surface area contributed by atoms with Gasteiger partial charge in [-0.3, -0.25) is 4.90 Å². The minimum absolute atomic E-state index is 0.384. The van der Waals surface area contributed by atoms with Crippen molar-refractivity contribution in [3.05, 3.63) is 34.9 Å². The van der Waals surface area contributed by atoms with E-state index in [1.807, 2.05) is 0 Å². The number of thioether (sulfide) groups is 1. The standard InChI is InChI=1S/C16H26N2S/c1-4-14-11-18(8-9-19-14)16(10-17)15-7-5-6-12(2)13(15)3/h5-7,14,16H,4,8-11,17H2,1-3H3. The summed E-state index contributed by atoms with van der Waals surface area (Å²) in [4.78, 5) is 2.59.